The Bertz CT molecular complexity index is 389. The lowest BCUT2D eigenvalue weighted by Gasteiger charge is -2.23. The minimum atomic E-state index is -0.255. The standard InChI is InChI=1S/C13H19FN2O/c1-13(5-2-6-17-13)9-16-8-10-3-4-11(15)7-12(10)14/h3-4,7,16H,2,5-6,8-9,15H2,1H3. The fourth-order valence-electron chi connectivity index (χ4n) is 2.14. The van der Waals surface area contributed by atoms with Crippen molar-refractivity contribution in [3.05, 3.63) is 29.6 Å². The van der Waals surface area contributed by atoms with E-state index in [1.165, 1.54) is 6.07 Å². The van der Waals surface area contributed by atoms with Crippen LogP contribution in [0, 0.1) is 5.82 Å². The van der Waals surface area contributed by atoms with E-state index in [1.54, 1.807) is 12.1 Å². The van der Waals surface area contributed by atoms with Gasteiger partial charge in [0, 0.05) is 30.9 Å². The van der Waals surface area contributed by atoms with Crippen LogP contribution < -0.4 is 11.1 Å². The molecular formula is C13H19FN2O. The SMILES string of the molecule is CC1(CNCc2ccc(N)cc2F)CCCO1. The molecule has 0 spiro atoms. The zero-order valence-corrected chi connectivity index (χ0v) is 10.1. The van der Waals surface area contributed by atoms with Crippen LogP contribution in [0.1, 0.15) is 25.3 Å². The van der Waals surface area contributed by atoms with E-state index in [0.29, 0.717) is 17.8 Å². The van der Waals surface area contributed by atoms with Crippen molar-refractivity contribution < 1.29 is 9.13 Å². The summed E-state index contributed by atoms with van der Waals surface area (Å²) in [5, 5.41) is 3.24. The maximum absolute atomic E-state index is 13.5. The Morgan fingerprint density at radius 1 is 1.53 bits per heavy atom. The van der Waals surface area contributed by atoms with Crippen molar-refractivity contribution in [3.63, 3.8) is 0 Å². The van der Waals surface area contributed by atoms with Crippen molar-refractivity contribution in [1.29, 1.82) is 0 Å². The zero-order chi connectivity index (χ0) is 12.3. The summed E-state index contributed by atoms with van der Waals surface area (Å²) in [6.45, 7) is 4.17. The van der Waals surface area contributed by atoms with Crippen molar-refractivity contribution in [3.8, 4) is 0 Å². The van der Waals surface area contributed by atoms with Gasteiger partial charge in [0.25, 0.3) is 0 Å². The lowest BCUT2D eigenvalue weighted by Crippen LogP contribution is -2.36. The Kier molecular flexibility index (Phi) is 3.64. The van der Waals surface area contributed by atoms with Gasteiger partial charge in [-0.3, -0.25) is 0 Å². The van der Waals surface area contributed by atoms with E-state index in [2.05, 4.69) is 12.2 Å². The fraction of sp³-hybridized carbons (Fsp3) is 0.538. The minimum absolute atomic E-state index is 0.0930. The van der Waals surface area contributed by atoms with E-state index < -0.39 is 0 Å². The first kappa shape index (κ1) is 12.3. The third-order valence-corrected chi connectivity index (χ3v) is 3.19. The molecule has 0 saturated carbocycles. The molecule has 0 bridgehead atoms. The van der Waals surface area contributed by atoms with Gasteiger partial charge in [-0.2, -0.15) is 0 Å². The van der Waals surface area contributed by atoms with Gasteiger partial charge in [-0.25, -0.2) is 4.39 Å². The number of ether oxygens (including phenoxy) is 1. The maximum Gasteiger partial charge on any atom is 0.129 e. The molecule has 0 aromatic heterocycles. The van der Waals surface area contributed by atoms with E-state index >= 15 is 0 Å². The quantitative estimate of drug-likeness (QED) is 0.789. The highest BCUT2D eigenvalue weighted by Crippen LogP contribution is 2.24. The van der Waals surface area contributed by atoms with Gasteiger partial charge in [0.15, 0.2) is 0 Å². The van der Waals surface area contributed by atoms with Crippen molar-refractivity contribution in [2.45, 2.75) is 31.9 Å². The van der Waals surface area contributed by atoms with Crippen LogP contribution in [0.25, 0.3) is 0 Å². The molecule has 17 heavy (non-hydrogen) atoms. The molecule has 0 amide bonds. The van der Waals surface area contributed by atoms with Gasteiger partial charge < -0.3 is 15.8 Å². The molecule has 1 unspecified atom stereocenters. The first-order valence-electron chi connectivity index (χ1n) is 5.98. The molecule has 3 nitrogen and oxygen atoms in total. The van der Waals surface area contributed by atoms with Gasteiger partial charge in [0.2, 0.25) is 0 Å². The number of hydrogen-bond acceptors (Lipinski definition) is 3. The Labute approximate surface area is 101 Å². The van der Waals surface area contributed by atoms with Gasteiger partial charge in [-0.05, 0) is 31.9 Å². The molecule has 1 aromatic rings. The van der Waals surface area contributed by atoms with Crippen LogP contribution in [0.3, 0.4) is 0 Å². The largest absolute Gasteiger partial charge is 0.399 e. The predicted molar refractivity (Wildman–Crippen MR) is 66.1 cm³/mol. The minimum Gasteiger partial charge on any atom is -0.399 e. The average molecular weight is 238 g/mol. The lowest BCUT2D eigenvalue weighted by atomic mass is 10.0. The highest BCUT2D eigenvalue weighted by atomic mass is 19.1. The number of nitrogens with two attached hydrogens (primary N) is 1. The Balaban J connectivity index is 1.85. The molecule has 1 saturated heterocycles. The van der Waals surface area contributed by atoms with Crippen LogP contribution in [-0.4, -0.2) is 18.8 Å². The summed E-state index contributed by atoms with van der Waals surface area (Å²) < 4.78 is 19.1. The number of nitrogens with one attached hydrogen (secondary N) is 1. The van der Waals surface area contributed by atoms with Gasteiger partial charge in [0.1, 0.15) is 5.82 Å². The van der Waals surface area contributed by atoms with E-state index in [0.717, 1.165) is 26.0 Å². The van der Waals surface area contributed by atoms with Gasteiger partial charge in [0.05, 0.1) is 5.60 Å². The van der Waals surface area contributed by atoms with Gasteiger partial charge in [-0.1, -0.05) is 6.07 Å². The molecule has 2 rings (SSSR count). The first-order chi connectivity index (χ1) is 8.09. The van der Waals surface area contributed by atoms with Crippen LogP contribution in [0.4, 0.5) is 10.1 Å². The third kappa shape index (κ3) is 3.17. The normalized spacial score (nSPS) is 24.1. The lowest BCUT2D eigenvalue weighted by molar-refractivity contribution is 0.0206. The van der Waals surface area contributed by atoms with Crippen molar-refractivity contribution in [2.24, 2.45) is 0 Å². The number of anilines is 1. The number of nitrogen functional groups attached to an aromatic ring is 1. The number of rotatable bonds is 4. The van der Waals surface area contributed by atoms with Crippen LogP contribution in [0.15, 0.2) is 18.2 Å². The Morgan fingerprint density at radius 2 is 2.35 bits per heavy atom. The molecule has 94 valence electrons. The molecule has 4 heteroatoms. The number of hydrogen-bond donors (Lipinski definition) is 2. The maximum atomic E-state index is 13.5. The van der Waals surface area contributed by atoms with E-state index in [-0.39, 0.29) is 11.4 Å². The van der Waals surface area contributed by atoms with Crippen molar-refractivity contribution in [2.75, 3.05) is 18.9 Å². The molecule has 1 aliphatic rings. The summed E-state index contributed by atoms with van der Waals surface area (Å²) in [6.07, 6.45) is 2.17. The number of benzene rings is 1. The topological polar surface area (TPSA) is 47.3 Å². The Morgan fingerprint density at radius 3 is 3.00 bits per heavy atom. The second kappa shape index (κ2) is 5.02. The molecule has 3 N–H and O–H groups in total. The van der Waals surface area contributed by atoms with Crippen LogP contribution in [-0.2, 0) is 11.3 Å². The van der Waals surface area contributed by atoms with E-state index in [4.69, 9.17) is 10.5 Å². The molecule has 0 radical (unpaired) electrons. The molecule has 1 aliphatic heterocycles. The molecular weight excluding hydrogens is 219 g/mol. The van der Waals surface area contributed by atoms with Crippen LogP contribution >= 0.6 is 0 Å². The number of halogens is 1. The Hall–Kier alpha value is -1.13. The average Bonchev–Trinajstić information content (AvgIpc) is 2.69. The van der Waals surface area contributed by atoms with Crippen molar-refractivity contribution >= 4 is 5.69 Å². The highest BCUT2D eigenvalue weighted by molar-refractivity contribution is 5.40. The van der Waals surface area contributed by atoms with Crippen LogP contribution in [0.5, 0.6) is 0 Å². The summed E-state index contributed by atoms with van der Waals surface area (Å²) in [5.41, 5.74) is 6.50. The molecule has 1 aromatic carbocycles. The van der Waals surface area contributed by atoms with E-state index in [1.807, 2.05) is 0 Å². The monoisotopic (exact) mass is 238 g/mol. The fourth-order valence-corrected chi connectivity index (χ4v) is 2.14. The van der Waals surface area contributed by atoms with E-state index in [9.17, 15) is 4.39 Å². The summed E-state index contributed by atoms with van der Waals surface area (Å²) in [5.74, 6) is -0.255. The van der Waals surface area contributed by atoms with Crippen LogP contribution in [0.2, 0.25) is 0 Å². The summed E-state index contributed by atoms with van der Waals surface area (Å²) in [7, 11) is 0. The molecule has 1 fully saturated rings. The second-order valence-electron chi connectivity index (χ2n) is 4.86. The molecule has 0 aliphatic carbocycles. The summed E-state index contributed by atoms with van der Waals surface area (Å²) in [4.78, 5) is 0. The summed E-state index contributed by atoms with van der Waals surface area (Å²) >= 11 is 0. The zero-order valence-electron chi connectivity index (χ0n) is 10.1. The molecule has 1 atom stereocenters. The molecule has 1 heterocycles. The first-order valence-corrected chi connectivity index (χ1v) is 5.98. The second-order valence-corrected chi connectivity index (χ2v) is 4.86. The third-order valence-electron chi connectivity index (χ3n) is 3.19. The predicted octanol–water partition coefficient (Wildman–Crippen LogP) is 2.07. The van der Waals surface area contributed by atoms with Gasteiger partial charge in [-0.15, -0.1) is 0 Å². The van der Waals surface area contributed by atoms with Crippen molar-refractivity contribution in [1.82, 2.24) is 5.32 Å². The van der Waals surface area contributed by atoms with Gasteiger partial charge >= 0.3 is 0 Å². The summed E-state index contributed by atoms with van der Waals surface area (Å²) in [6, 6.07) is 4.79. The highest BCUT2D eigenvalue weighted by Gasteiger charge is 2.28. The smallest absolute Gasteiger partial charge is 0.129 e.